The average Bonchev–Trinajstić information content (AvgIpc) is 2.36. The van der Waals surface area contributed by atoms with Gasteiger partial charge in [0.15, 0.2) is 5.70 Å². The lowest BCUT2D eigenvalue weighted by Crippen LogP contribution is -2.17. The van der Waals surface area contributed by atoms with Gasteiger partial charge in [-0.15, -0.1) is 0 Å². The van der Waals surface area contributed by atoms with E-state index < -0.39 is 23.3 Å². The number of allylic oxidation sites excluding steroid dienone is 1. The Balaban J connectivity index is 3.03. The second kappa shape index (κ2) is 5.01. The quantitative estimate of drug-likeness (QED) is 0.626. The summed E-state index contributed by atoms with van der Waals surface area (Å²) in [4.78, 5) is 24.6. The van der Waals surface area contributed by atoms with Crippen LogP contribution in [0.25, 0.3) is 0 Å². The molecule has 4 nitrogen and oxygen atoms in total. The number of Topliss-reactive ketones (excluding diaryl/α,β-unsaturated/α-hetero) is 1. The molecule has 84 valence electrons. The summed E-state index contributed by atoms with van der Waals surface area (Å²) in [5.74, 6) is -4.39. The van der Waals surface area contributed by atoms with Gasteiger partial charge in [0.05, 0.1) is 0 Å². The zero-order chi connectivity index (χ0) is 12.1. The molecular formula is C10H7F2NO3. The van der Waals surface area contributed by atoms with Crippen LogP contribution in [0.3, 0.4) is 0 Å². The summed E-state index contributed by atoms with van der Waals surface area (Å²) in [6.45, 7) is 0. The van der Waals surface area contributed by atoms with Gasteiger partial charge in [-0.3, -0.25) is 4.79 Å². The predicted molar refractivity (Wildman–Crippen MR) is 50.3 cm³/mol. The van der Waals surface area contributed by atoms with Gasteiger partial charge in [-0.2, -0.15) is 0 Å². The largest absolute Gasteiger partial charge is 0.398 e. The number of hydrogen-bond acceptors (Lipinski definition) is 4. The Bertz CT molecular complexity index is 443. The fraction of sp³-hybridized carbons (Fsp3) is 0. The number of rotatable bonds is 3. The molecule has 0 unspecified atom stereocenters. The number of ketones is 1. The Morgan fingerprint density at radius 3 is 2.25 bits per heavy atom. The third kappa shape index (κ3) is 2.41. The molecule has 0 saturated carbocycles. The molecule has 0 aliphatic rings. The highest BCUT2D eigenvalue weighted by molar-refractivity contribution is 6.10. The average molecular weight is 227 g/mol. The molecule has 0 aliphatic carbocycles. The summed E-state index contributed by atoms with van der Waals surface area (Å²) < 4.78 is 24.7. The Labute approximate surface area is 89.2 Å². The summed E-state index contributed by atoms with van der Waals surface area (Å²) in [5, 5.41) is 0. The summed E-state index contributed by atoms with van der Waals surface area (Å²) in [6, 6.07) is 7.29. The molecule has 1 aromatic rings. The zero-order valence-electron chi connectivity index (χ0n) is 7.94. The summed E-state index contributed by atoms with van der Waals surface area (Å²) in [6.07, 6.45) is 0. The number of benzene rings is 1. The third-order valence-electron chi connectivity index (χ3n) is 1.76. The first kappa shape index (κ1) is 11.8. The predicted octanol–water partition coefficient (Wildman–Crippen LogP) is 1.44. The molecule has 1 rings (SSSR count). The van der Waals surface area contributed by atoms with Gasteiger partial charge in [0, 0.05) is 10.1 Å². The Kier molecular flexibility index (Phi) is 3.71. The van der Waals surface area contributed by atoms with Crippen molar-refractivity contribution in [1.82, 2.24) is 0 Å². The molecule has 0 aromatic heterocycles. The van der Waals surface area contributed by atoms with Gasteiger partial charge in [0.2, 0.25) is 11.6 Å². The summed E-state index contributed by atoms with van der Waals surface area (Å²) in [7, 11) is 0. The first-order chi connectivity index (χ1) is 7.57. The maximum absolute atomic E-state index is 13.3. The van der Waals surface area contributed by atoms with E-state index in [1.807, 2.05) is 0 Å². The van der Waals surface area contributed by atoms with Crippen molar-refractivity contribution in [3.05, 3.63) is 47.4 Å². The van der Waals surface area contributed by atoms with E-state index in [0.717, 1.165) is 0 Å². The van der Waals surface area contributed by atoms with E-state index in [0.29, 0.717) is 0 Å². The topological polar surface area (TPSA) is 69.4 Å². The number of halogens is 2. The molecule has 0 bridgehead atoms. The molecule has 0 fully saturated rings. The van der Waals surface area contributed by atoms with Crippen LogP contribution < -0.4 is 5.73 Å². The zero-order valence-corrected chi connectivity index (χ0v) is 7.94. The van der Waals surface area contributed by atoms with Gasteiger partial charge < -0.3 is 5.73 Å². The lowest BCUT2D eigenvalue weighted by atomic mass is 10.1. The normalized spacial score (nSPS) is 11.6. The first-order valence-corrected chi connectivity index (χ1v) is 4.16. The van der Waals surface area contributed by atoms with Crippen LogP contribution in [0.1, 0.15) is 10.4 Å². The van der Waals surface area contributed by atoms with Crippen molar-refractivity contribution in [1.29, 1.82) is 0 Å². The van der Waals surface area contributed by atoms with Gasteiger partial charge in [-0.05, 0) is 0 Å². The third-order valence-corrected chi connectivity index (χ3v) is 1.76. The first-order valence-electron chi connectivity index (χ1n) is 4.16. The molecule has 2 N–H and O–H groups in total. The van der Waals surface area contributed by atoms with Crippen LogP contribution in [0.15, 0.2) is 41.9 Å². The molecule has 6 heteroatoms. The van der Waals surface area contributed by atoms with Crippen molar-refractivity contribution in [2.45, 2.75) is 0 Å². The van der Waals surface area contributed by atoms with E-state index in [1.54, 1.807) is 6.07 Å². The molecule has 0 saturated heterocycles. The van der Waals surface area contributed by atoms with Crippen molar-refractivity contribution in [3.63, 3.8) is 0 Å². The number of nitrogens with two attached hydrogens (primary N) is 1. The van der Waals surface area contributed by atoms with Gasteiger partial charge in [-0.25, -0.2) is 14.1 Å². The van der Waals surface area contributed by atoms with Gasteiger partial charge in [-0.1, -0.05) is 30.3 Å². The van der Waals surface area contributed by atoms with Gasteiger partial charge in [0.1, 0.15) is 0 Å². The molecule has 0 radical (unpaired) electrons. The Morgan fingerprint density at radius 2 is 1.75 bits per heavy atom. The molecule has 16 heavy (non-hydrogen) atoms. The van der Waals surface area contributed by atoms with Crippen molar-refractivity contribution >= 4 is 11.8 Å². The van der Waals surface area contributed by atoms with Gasteiger partial charge in [0.25, 0.3) is 0 Å². The van der Waals surface area contributed by atoms with E-state index in [1.165, 1.54) is 24.3 Å². The van der Waals surface area contributed by atoms with E-state index in [-0.39, 0.29) is 5.56 Å². The molecule has 0 amide bonds. The summed E-state index contributed by atoms with van der Waals surface area (Å²) in [5.41, 5.74) is 3.68. The number of carbonyl (C=O) groups is 2. The monoisotopic (exact) mass is 227 g/mol. The van der Waals surface area contributed by atoms with Crippen molar-refractivity contribution in [2.24, 2.45) is 5.73 Å². The number of hydrogen-bond donors (Lipinski definition) is 1. The van der Waals surface area contributed by atoms with Crippen molar-refractivity contribution < 1.29 is 23.4 Å². The van der Waals surface area contributed by atoms with Crippen LogP contribution in [0.5, 0.6) is 0 Å². The standard InChI is InChI=1S/C10H7F2NO3/c11-7(8(13)10(15)16-12)9(14)6-4-2-1-3-5-6/h1-5H,13H2. The van der Waals surface area contributed by atoms with E-state index in [4.69, 9.17) is 5.73 Å². The molecule has 0 spiro atoms. The fourth-order valence-electron chi connectivity index (χ4n) is 0.970. The lowest BCUT2D eigenvalue weighted by molar-refractivity contribution is -0.178. The maximum Gasteiger partial charge on any atom is 0.398 e. The highest BCUT2D eigenvalue weighted by atomic mass is 19.3. The van der Waals surface area contributed by atoms with E-state index >= 15 is 0 Å². The Hall–Kier alpha value is -2.24. The molecule has 0 atom stereocenters. The smallest absolute Gasteiger partial charge is 0.390 e. The molecular weight excluding hydrogens is 220 g/mol. The summed E-state index contributed by atoms with van der Waals surface area (Å²) >= 11 is 0. The van der Waals surface area contributed by atoms with Crippen LogP contribution in [0.4, 0.5) is 8.92 Å². The minimum atomic E-state index is -1.73. The number of carbonyl (C=O) groups excluding carboxylic acids is 2. The van der Waals surface area contributed by atoms with Gasteiger partial charge >= 0.3 is 5.97 Å². The second-order valence-electron chi connectivity index (χ2n) is 2.79. The molecule has 0 heterocycles. The van der Waals surface area contributed by atoms with Crippen LogP contribution in [0, 0.1) is 0 Å². The minimum absolute atomic E-state index is 0.00499. The van der Waals surface area contributed by atoms with Crippen molar-refractivity contribution in [3.8, 4) is 0 Å². The van der Waals surface area contributed by atoms with E-state index in [9.17, 15) is 18.5 Å². The van der Waals surface area contributed by atoms with Crippen LogP contribution >= 0.6 is 0 Å². The van der Waals surface area contributed by atoms with Crippen molar-refractivity contribution in [2.75, 3.05) is 0 Å². The SMILES string of the molecule is NC(C(=O)OF)=C(F)C(=O)c1ccccc1. The molecule has 1 aromatic carbocycles. The Morgan fingerprint density at radius 1 is 1.19 bits per heavy atom. The maximum atomic E-state index is 13.3. The van der Waals surface area contributed by atoms with Crippen LogP contribution in [-0.4, -0.2) is 11.8 Å². The van der Waals surface area contributed by atoms with E-state index in [2.05, 4.69) is 4.94 Å². The second-order valence-corrected chi connectivity index (χ2v) is 2.79. The molecule has 0 aliphatic heterocycles. The van der Waals surface area contributed by atoms with Crippen LogP contribution in [0.2, 0.25) is 0 Å². The fourth-order valence-corrected chi connectivity index (χ4v) is 0.970. The lowest BCUT2D eigenvalue weighted by Gasteiger charge is -2.00. The highest BCUT2D eigenvalue weighted by Gasteiger charge is 2.21. The van der Waals surface area contributed by atoms with Crippen LogP contribution in [-0.2, 0) is 9.74 Å². The highest BCUT2D eigenvalue weighted by Crippen LogP contribution is 2.12. The minimum Gasteiger partial charge on any atom is -0.390 e.